The first-order chi connectivity index (χ1) is 11.1. The van der Waals surface area contributed by atoms with Crippen molar-refractivity contribution in [2.24, 2.45) is 5.73 Å². The molecule has 0 aliphatic rings. The number of halogens is 2. The molecule has 0 atom stereocenters. The summed E-state index contributed by atoms with van der Waals surface area (Å²) in [6, 6.07) is 13.3. The van der Waals surface area contributed by atoms with Crippen molar-refractivity contribution in [2.75, 3.05) is 7.05 Å². The molecule has 23 heavy (non-hydrogen) atoms. The molecule has 0 radical (unpaired) electrons. The fourth-order valence-electron chi connectivity index (χ4n) is 2.53. The Labute approximate surface area is 139 Å². The number of pyridine rings is 1. The second-order valence-electron chi connectivity index (χ2n) is 4.81. The molecule has 0 bridgehead atoms. The van der Waals surface area contributed by atoms with E-state index in [9.17, 15) is 9.18 Å². The number of aromatic nitrogens is 1. The normalized spacial score (nSPS) is 10.3. The molecule has 0 saturated carbocycles. The number of benzene rings is 2. The van der Waals surface area contributed by atoms with Crippen LogP contribution in [0.5, 0.6) is 0 Å². The van der Waals surface area contributed by atoms with Gasteiger partial charge >= 0.3 is 0 Å². The van der Waals surface area contributed by atoms with E-state index in [1.807, 2.05) is 25.1 Å². The van der Waals surface area contributed by atoms with Crippen LogP contribution in [0, 0.1) is 5.82 Å². The predicted molar refractivity (Wildman–Crippen MR) is 94.0 cm³/mol. The highest BCUT2D eigenvalue weighted by Gasteiger charge is 2.12. The second kappa shape index (κ2) is 7.40. The van der Waals surface area contributed by atoms with Crippen LogP contribution in [-0.2, 0) is 6.42 Å². The topological polar surface area (TPSA) is 48.0 Å². The van der Waals surface area contributed by atoms with Gasteiger partial charge in [0.15, 0.2) is 0 Å². The van der Waals surface area contributed by atoms with E-state index in [-0.39, 0.29) is 11.4 Å². The van der Waals surface area contributed by atoms with Crippen LogP contribution in [0.2, 0.25) is 5.02 Å². The molecular formula is C18H18ClFN2O. The third kappa shape index (κ3) is 3.28. The third-order valence-electron chi connectivity index (χ3n) is 3.50. The van der Waals surface area contributed by atoms with Crippen LogP contribution in [0.1, 0.15) is 12.6 Å². The molecule has 3 nitrogen and oxygen atoms in total. The minimum atomic E-state index is -0.374. The first kappa shape index (κ1) is 17.2. The van der Waals surface area contributed by atoms with Crippen molar-refractivity contribution < 1.29 is 4.39 Å². The van der Waals surface area contributed by atoms with E-state index in [4.69, 9.17) is 11.6 Å². The molecule has 2 aromatic carbocycles. The molecular weight excluding hydrogens is 315 g/mol. The molecule has 0 spiro atoms. The van der Waals surface area contributed by atoms with Gasteiger partial charge in [0.2, 0.25) is 0 Å². The van der Waals surface area contributed by atoms with Gasteiger partial charge in [0, 0.05) is 5.69 Å². The monoisotopic (exact) mass is 332 g/mol. The smallest absolute Gasteiger partial charge is 0.264 e. The molecule has 0 amide bonds. The summed E-state index contributed by atoms with van der Waals surface area (Å²) in [5, 5.41) is 1.67. The number of hydrogen-bond acceptors (Lipinski definition) is 2. The summed E-state index contributed by atoms with van der Waals surface area (Å²) < 4.78 is 15.0. The van der Waals surface area contributed by atoms with E-state index in [0.29, 0.717) is 22.5 Å². The zero-order valence-corrected chi connectivity index (χ0v) is 13.8. The summed E-state index contributed by atoms with van der Waals surface area (Å²) in [6.07, 6.45) is 0.661. The van der Waals surface area contributed by atoms with Gasteiger partial charge < -0.3 is 5.73 Å². The highest BCUT2D eigenvalue weighted by molar-refractivity contribution is 6.35. The van der Waals surface area contributed by atoms with Gasteiger partial charge in [-0.2, -0.15) is 0 Å². The first-order valence-corrected chi connectivity index (χ1v) is 7.66. The molecule has 1 aromatic heterocycles. The highest BCUT2D eigenvalue weighted by atomic mass is 35.5. The maximum Gasteiger partial charge on any atom is 0.264 e. The van der Waals surface area contributed by atoms with Crippen molar-refractivity contribution in [1.82, 2.24) is 4.57 Å². The Bertz CT molecular complexity index is 890. The SMILES string of the molecule is CCc1cc2cccc(Cl)c2c(=O)n1-c1cccc(F)c1.CN. The highest BCUT2D eigenvalue weighted by Crippen LogP contribution is 2.23. The molecule has 2 N–H and O–H groups in total. The largest absolute Gasteiger partial charge is 0.333 e. The average Bonchev–Trinajstić information content (AvgIpc) is 2.56. The van der Waals surface area contributed by atoms with Gasteiger partial charge in [-0.15, -0.1) is 0 Å². The number of nitrogens with zero attached hydrogens (tertiary/aromatic N) is 1. The van der Waals surface area contributed by atoms with Gasteiger partial charge in [0.25, 0.3) is 5.56 Å². The van der Waals surface area contributed by atoms with Crippen molar-refractivity contribution in [3.63, 3.8) is 0 Å². The molecule has 0 aliphatic heterocycles. The van der Waals surface area contributed by atoms with Crippen molar-refractivity contribution in [1.29, 1.82) is 0 Å². The lowest BCUT2D eigenvalue weighted by atomic mass is 10.1. The van der Waals surface area contributed by atoms with Crippen LogP contribution in [-0.4, -0.2) is 11.6 Å². The first-order valence-electron chi connectivity index (χ1n) is 7.28. The average molecular weight is 333 g/mol. The lowest BCUT2D eigenvalue weighted by Crippen LogP contribution is -2.22. The van der Waals surface area contributed by atoms with Gasteiger partial charge in [-0.25, -0.2) is 4.39 Å². The van der Waals surface area contributed by atoms with E-state index in [0.717, 1.165) is 11.1 Å². The summed E-state index contributed by atoms with van der Waals surface area (Å²) >= 11 is 6.16. The number of hydrogen-bond donors (Lipinski definition) is 1. The molecule has 0 fully saturated rings. The molecule has 5 heteroatoms. The van der Waals surface area contributed by atoms with Crippen LogP contribution in [0.4, 0.5) is 4.39 Å². The number of fused-ring (bicyclic) bond motifs is 1. The second-order valence-corrected chi connectivity index (χ2v) is 5.22. The van der Waals surface area contributed by atoms with Crippen LogP contribution < -0.4 is 11.3 Å². The standard InChI is InChI=1S/C17H13ClFNO.CH5N/c1-2-13-9-11-5-3-8-15(18)16(11)17(21)20(13)14-7-4-6-12(19)10-14;1-2/h3-10H,2H2,1H3;2H2,1H3. The Kier molecular flexibility index (Phi) is 5.53. The van der Waals surface area contributed by atoms with Gasteiger partial charge in [0.1, 0.15) is 5.82 Å². The number of rotatable bonds is 2. The van der Waals surface area contributed by atoms with Gasteiger partial charge in [0.05, 0.1) is 16.1 Å². The minimum absolute atomic E-state index is 0.222. The molecule has 1 heterocycles. The summed E-state index contributed by atoms with van der Waals surface area (Å²) in [5.41, 5.74) is 5.61. The van der Waals surface area contributed by atoms with Gasteiger partial charge in [-0.3, -0.25) is 9.36 Å². The Balaban J connectivity index is 0.000000924. The number of aryl methyl sites for hydroxylation is 1. The summed E-state index contributed by atoms with van der Waals surface area (Å²) in [4.78, 5) is 12.8. The van der Waals surface area contributed by atoms with E-state index < -0.39 is 0 Å². The molecule has 0 saturated heterocycles. The zero-order chi connectivity index (χ0) is 17.0. The Morgan fingerprint density at radius 3 is 2.48 bits per heavy atom. The number of nitrogens with two attached hydrogens (primary N) is 1. The van der Waals surface area contributed by atoms with Crippen molar-refractivity contribution in [3.05, 3.63) is 75.4 Å². The molecule has 3 aromatic rings. The van der Waals surface area contributed by atoms with Crippen molar-refractivity contribution in [3.8, 4) is 5.69 Å². The lowest BCUT2D eigenvalue weighted by molar-refractivity contribution is 0.626. The fraction of sp³-hybridized carbons (Fsp3) is 0.167. The summed E-state index contributed by atoms with van der Waals surface area (Å²) in [5.74, 6) is -0.374. The quantitative estimate of drug-likeness (QED) is 0.773. The van der Waals surface area contributed by atoms with Crippen molar-refractivity contribution in [2.45, 2.75) is 13.3 Å². The zero-order valence-electron chi connectivity index (χ0n) is 13.0. The Morgan fingerprint density at radius 1 is 1.13 bits per heavy atom. The fourth-order valence-corrected chi connectivity index (χ4v) is 2.79. The molecule has 0 aliphatic carbocycles. The van der Waals surface area contributed by atoms with Gasteiger partial charge in [-0.1, -0.05) is 36.7 Å². The maximum atomic E-state index is 13.5. The predicted octanol–water partition coefficient (Wildman–Crippen LogP) is 3.92. The van der Waals surface area contributed by atoms with E-state index in [1.54, 1.807) is 18.2 Å². The van der Waals surface area contributed by atoms with E-state index in [1.165, 1.54) is 23.7 Å². The Hall–Kier alpha value is -2.17. The minimum Gasteiger partial charge on any atom is -0.333 e. The lowest BCUT2D eigenvalue weighted by Gasteiger charge is -2.14. The molecule has 0 unspecified atom stereocenters. The van der Waals surface area contributed by atoms with Crippen LogP contribution in [0.25, 0.3) is 16.5 Å². The van der Waals surface area contributed by atoms with Crippen LogP contribution in [0.15, 0.2) is 53.3 Å². The van der Waals surface area contributed by atoms with E-state index in [2.05, 4.69) is 5.73 Å². The molecule has 120 valence electrons. The summed E-state index contributed by atoms with van der Waals surface area (Å²) in [7, 11) is 1.50. The van der Waals surface area contributed by atoms with Crippen LogP contribution in [0.3, 0.4) is 0 Å². The van der Waals surface area contributed by atoms with Crippen molar-refractivity contribution >= 4 is 22.4 Å². The van der Waals surface area contributed by atoms with E-state index >= 15 is 0 Å². The third-order valence-corrected chi connectivity index (χ3v) is 3.82. The van der Waals surface area contributed by atoms with Crippen LogP contribution >= 0.6 is 11.6 Å². The summed E-state index contributed by atoms with van der Waals surface area (Å²) in [6.45, 7) is 1.96. The van der Waals surface area contributed by atoms with Gasteiger partial charge in [-0.05, 0) is 49.2 Å². The maximum absolute atomic E-state index is 13.5. The molecule has 3 rings (SSSR count). The Morgan fingerprint density at radius 2 is 1.83 bits per heavy atom.